The molecule has 0 bridgehead atoms. The summed E-state index contributed by atoms with van der Waals surface area (Å²) in [6.07, 6.45) is -0.337. The summed E-state index contributed by atoms with van der Waals surface area (Å²) in [7, 11) is 1.36. The number of hydrogen-bond donors (Lipinski definition) is 2. The van der Waals surface area contributed by atoms with E-state index in [1.54, 1.807) is 6.07 Å². The first kappa shape index (κ1) is 12.6. The van der Waals surface area contributed by atoms with E-state index in [2.05, 4.69) is 11.8 Å². The van der Waals surface area contributed by atoms with Crippen LogP contribution in [0.5, 0.6) is 5.75 Å². The first-order chi connectivity index (χ1) is 8.06. The Hall–Kier alpha value is -2.48. The van der Waals surface area contributed by atoms with Crippen molar-refractivity contribution in [3.05, 3.63) is 29.3 Å². The second-order valence-corrected chi connectivity index (χ2v) is 3.06. The van der Waals surface area contributed by atoms with E-state index in [9.17, 15) is 9.59 Å². The number of aliphatic carboxylic acids is 1. The van der Waals surface area contributed by atoms with Gasteiger partial charge in [-0.2, -0.15) is 0 Å². The van der Waals surface area contributed by atoms with Crippen LogP contribution in [0.1, 0.15) is 22.3 Å². The average Bonchev–Trinajstić information content (AvgIpc) is 2.27. The molecule has 0 heterocycles. The van der Waals surface area contributed by atoms with E-state index in [0.29, 0.717) is 0 Å². The number of carboxylic acid groups (broad SMARTS) is 2. The molecule has 88 valence electrons. The molecule has 2 N–H and O–H groups in total. The molecule has 0 aliphatic carbocycles. The number of carbonyl (C=O) groups is 2. The van der Waals surface area contributed by atoms with Crippen LogP contribution in [0.4, 0.5) is 0 Å². The van der Waals surface area contributed by atoms with Crippen molar-refractivity contribution in [1.82, 2.24) is 0 Å². The summed E-state index contributed by atoms with van der Waals surface area (Å²) in [6.45, 7) is 0. The molecule has 17 heavy (non-hydrogen) atoms. The molecule has 5 heteroatoms. The summed E-state index contributed by atoms with van der Waals surface area (Å²) in [5.41, 5.74) is 0.172. The summed E-state index contributed by atoms with van der Waals surface area (Å²) < 4.78 is 4.91. The molecule has 0 saturated carbocycles. The smallest absolute Gasteiger partial charge is 0.340 e. The number of hydrogen-bond acceptors (Lipinski definition) is 3. The molecule has 1 aromatic carbocycles. The van der Waals surface area contributed by atoms with Gasteiger partial charge in [0.15, 0.2) is 0 Å². The van der Waals surface area contributed by atoms with Crippen molar-refractivity contribution >= 4 is 11.9 Å². The standard InChI is InChI=1S/C12H10O5/c1-17-9-6-2-4-8(11(9)12(15)16)5-3-7-10(13)14/h2,4,6H,7H2,1H3,(H,13,14)(H,15,16). The minimum absolute atomic E-state index is 0.0621. The van der Waals surface area contributed by atoms with Gasteiger partial charge in [-0.05, 0) is 12.1 Å². The summed E-state index contributed by atoms with van der Waals surface area (Å²) in [4.78, 5) is 21.3. The van der Waals surface area contributed by atoms with Crippen LogP contribution in [0, 0.1) is 11.8 Å². The molecular formula is C12H10O5. The highest BCUT2D eigenvalue weighted by Gasteiger charge is 2.14. The third-order valence-electron chi connectivity index (χ3n) is 1.92. The van der Waals surface area contributed by atoms with E-state index in [1.807, 2.05) is 0 Å². The van der Waals surface area contributed by atoms with Gasteiger partial charge in [0.25, 0.3) is 0 Å². The number of benzene rings is 1. The Labute approximate surface area is 97.6 Å². The van der Waals surface area contributed by atoms with Gasteiger partial charge < -0.3 is 14.9 Å². The molecule has 5 nitrogen and oxygen atoms in total. The maximum atomic E-state index is 11.0. The van der Waals surface area contributed by atoms with E-state index < -0.39 is 11.9 Å². The SMILES string of the molecule is COc1cccc(C#CCC(=O)O)c1C(=O)O. The van der Waals surface area contributed by atoms with E-state index in [1.165, 1.54) is 19.2 Å². The van der Waals surface area contributed by atoms with Crippen LogP contribution >= 0.6 is 0 Å². The molecule has 0 radical (unpaired) electrons. The quantitative estimate of drug-likeness (QED) is 0.768. The second kappa shape index (κ2) is 5.56. The predicted molar refractivity (Wildman–Crippen MR) is 59.1 cm³/mol. The maximum Gasteiger partial charge on any atom is 0.340 e. The summed E-state index contributed by atoms with van der Waals surface area (Å²) in [5.74, 6) is 2.86. The lowest BCUT2D eigenvalue weighted by molar-refractivity contribution is -0.135. The molecule has 0 saturated heterocycles. The number of rotatable bonds is 3. The third kappa shape index (κ3) is 3.24. The predicted octanol–water partition coefficient (Wildman–Crippen LogP) is 1.22. The van der Waals surface area contributed by atoms with Gasteiger partial charge in [-0.25, -0.2) is 4.79 Å². The zero-order valence-corrected chi connectivity index (χ0v) is 9.06. The zero-order valence-electron chi connectivity index (χ0n) is 9.06. The Morgan fingerprint density at radius 1 is 1.35 bits per heavy atom. The summed E-state index contributed by atoms with van der Waals surface area (Å²) in [5, 5.41) is 17.4. The number of methoxy groups -OCH3 is 1. The third-order valence-corrected chi connectivity index (χ3v) is 1.92. The normalized spacial score (nSPS) is 9.00. The van der Waals surface area contributed by atoms with Gasteiger partial charge in [0.2, 0.25) is 0 Å². The minimum atomic E-state index is -1.16. The first-order valence-electron chi connectivity index (χ1n) is 4.67. The van der Waals surface area contributed by atoms with E-state index >= 15 is 0 Å². The van der Waals surface area contributed by atoms with Crippen LogP contribution in [-0.2, 0) is 4.79 Å². The number of ether oxygens (including phenoxy) is 1. The molecular weight excluding hydrogens is 224 g/mol. The number of carboxylic acids is 2. The van der Waals surface area contributed by atoms with Gasteiger partial charge >= 0.3 is 11.9 Å². The summed E-state index contributed by atoms with van der Waals surface area (Å²) in [6, 6.07) is 4.60. The van der Waals surface area contributed by atoms with Gasteiger partial charge in [-0.3, -0.25) is 4.79 Å². The molecule has 0 spiro atoms. The Kier molecular flexibility index (Phi) is 4.12. The Morgan fingerprint density at radius 3 is 2.59 bits per heavy atom. The molecule has 1 aromatic rings. The summed E-state index contributed by atoms with van der Waals surface area (Å²) >= 11 is 0. The van der Waals surface area contributed by atoms with Crippen molar-refractivity contribution in [2.75, 3.05) is 7.11 Å². The molecule has 0 atom stereocenters. The highest BCUT2D eigenvalue weighted by Crippen LogP contribution is 2.21. The highest BCUT2D eigenvalue weighted by molar-refractivity contribution is 5.94. The van der Waals surface area contributed by atoms with E-state index in [4.69, 9.17) is 14.9 Å². The van der Waals surface area contributed by atoms with Crippen molar-refractivity contribution in [1.29, 1.82) is 0 Å². The highest BCUT2D eigenvalue weighted by atomic mass is 16.5. The topological polar surface area (TPSA) is 83.8 Å². The zero-order chi connectivity index (χ0) is 12.8. The molecule has 0 unspecified atom stereocenters. The Bertz CT molecular complexity index is 507. The molecule has 0 aliphatic heterocycles. The molecule has 0 aromatic heterocycles. The second-order valence-electron chi connectivity index (χ2n) is 3.06. The van der Waals surface area contributed by atoms with Crippen molar-refractivity contribution in [2.45, 2.75) is 6.42 Å². The first-order valence-corrected chi connectivity index (χ1v) is 4.67. The van der Waals surface area contributed by atoms with E-state index in [-0.39, 0.29) is 23.3 Å². The van der Waals surface area contributed by atoms with Crippen LogP contribution in [-0.4, -0.2) is 29.3 Å². The monoisotopic (exact) mass is 234 g/mol. The lowest BCUT2D eigenvalue weighted by atomic mass is 10.1. The van der Waals surface area contributed by atoms with Crippen LogP contribution in [0.3, 0.4) is 0 Å². The largest absolute Gasteiger partial charge is 0.496 e. The van der Waals surface area contributed by atoms with E-state index in [0.717, 1.165) is 0 Å². The fourth-order valence-electron chi connectivity index (χ4n) is 1.24. The van der Waals surface area contributed by atoms with Gasteiger partial charge in [0.05, 0.1) is 7.11 Å². The van der Waals surface area contributed by atoms with Crippen molar-refractivity contribution < 1.29 is 24.5 Å². The lowest BCUT2D eigenvalue weighted by Crippen LogP contribution is -2.03. The van der Waals surface area contributed by atoms with Crippen molar-refractivity contribution in [3.8, 4) is 17.6 Å². The van der Waals surface area contributed by atoms with Gasteiger partial charge in [0.1, 0.15) is 17.7 Å². The van der Waals surface area contributed by atoms with Gasteiger partial charge in [0, 0.05) is 5.56 Å². The Balaban J connectivity index is 3.17. The lowest BCUT2D eigenvalue weighted by Gasteiger charge is -2.05. The molecule has 1 rings (SSSR count). The molecule has 0 aliphatic rings. The molecule has 0 fully saturated rings. The maximum absolute atomic E-state index is 11.0. The fourth-order valence-corrected chi connectivity index (χ4v) is 1.24. The Morgan fingerprint density at radius 2 is 2.06 bits per heavy atom. The fraction of sp³-hybridized carbons (Fsp3) is 0.167. The van der Waals surface area contributed by atoms with Crippen LogP contribution in [0.25, 0.3) is 0 Å². The number of aromatic carboxylic acids is 1. The molecule has 0 amide bonds. The van der Waals surface area contributed by atoms with Crippen molar-refractivity contribution in [3.63, 3.8) is 0 Å². The van der Waals surface area contributed by atoms with Gasteiger partial charge in [-0.1, -0.05) is 17.9 Å². The van der Waals surface area contributed by atoms with Crippen LogP contribution in [0.2, 0.25) is 0 Å². The average molecular weight is 234 g/mol. The van der Waals surface area contributed by atoms with Crippen LogP contribution < -0.4 is 4.74 Å². The minimum Gasteiger partial charge on any atom is -0.496 e. The van der Waals surface area contributed by atoms with Gasteiger partial charge in [-0.15, -0.1) is 0 Å². The van der Waals surface area contributed by atoms with Crippen LogP contribution in [0.15, 0.2) is 18.2 Å². The van der Waals surface area contributed by atoms with Crippen molar-refractivity contribution in [2.24, 2.45) is 0 Å².